The molecule has 1 amide bonds. The molecule has 1 heterocycles. The number of hydrogen-bond donors (Lipinski definition) is 4. The number of rotatable bonds is 34. The van der Waals surface area contributed by atoms with Crippen molar-refractivity contribution in [2.45, 2.75) is 212 Å². The maximum atomic E-state index is 11.9. The summed E-state index contributed by atoms with van der Waals surface area (Å²) in [6.45, 7) is 7.97. The van der Waals surface area contributed by atoms with E-state index in [1.165, 1.54) is 103 Å². The predicted octanol–water partition coefficient (Wildman–Crippen LogP) is 11.0. The van der Waals surface area contributed by atoms with Crippen LogP contribution in [0.5, 0.6) is 0 Å². The number of carboxylic acids is 1. The summed E-state index contributed by atoms with van der Waals surface area (Å²) in [6, 6.07) is 0. The molecule has 4 N–H and O–H groups in total. The maximum absolute atomic E-state index is 11.9. The van der Waals surface area contributed by atoms with Gasteiger partial charge >= 0.3 is 5.97 Å². The van der Waals surface area contributed by atoms with Gasteiger partial charge in [0.2, 0.25) is 5.91 Å². The Balaban J connectivity index is 0.00000101. The van der Waals surface area contributed by atoms with Gasteiger partial charge in [0.1, 0.15) is 0 Å². The minimum absolute atomic E-state index is 0.172. The molecule has 7 heteroatoms. The monoisotopic (exact) mass is 707 g/mol. The lowest BCUT2D eigenvalue weighted by Crippen LogP contribution is -2.38. The highest BCUT2D eigenvalue weighted by Crippen LogP contribution is 2.12. The number of morpholine rings is 1. The van der Waals surface area contributed by atoms with Crippen LogP contribution >= 0.6 is 0 Å². The van der Waals surface area contributed by atoms with Gasteiger partial charge in [0.25, 0.3) is 0 Å². The standard InChI is InChI=1S/C25H48N2O2.C18H34O3/c1-2-3-4-5-6-7-8-9-10-11-12-13-14-15-16-19-25(28)27-20-17-18-24-23-26-21-22-29-24;1-2-3-4-11-14-17(19)15-12-9-7-5-6-8-10-13-16-18(20)21/h9-10,24,26H,2-8,11-23H2,1H3,(H,27,28);9,12,17,19H,2-8,10-11,13-16H2,1H3,(H,20,21)/b10-9-;12-9-. The van der Waals surface area contributed by atoms with Crippen molar-refractivity contribution < 1.29 is 24.5 Å². The summed E-state index contributed by atoms with van der Waals surface area (Å²) in [4.78, 5) is 22.2. The van der Waals surface area contributed by atoms with Gasteiger partial charge < -0.3 is 25.6 Å². The Morgan fingerprint density at radius 1 is 0.700 bits per heavy atom. The predicted molar refractivity (Wildman–Crippen MR) is 213 cm³/mol. The molecule has 1 aliphatic rings. The molecular weight excluding hydrogens is 624 g/mol. The second kappa shape index (κ2) is 40.1. The average Bonchev–Trinajstić information content (AvgIpc) is 3.11. The smallest absolute Gasteiger partial charge is 0.303 e. The first kappa shape index (κ1) is 48.3. The first-order valence-electron chi connectivity index (χ1n) is 21.3. The molecule has 294 valence electrons. The van der Waals surface area contributed by atoms with Crippen LogP contribution in [0.25, 0.3) is 0 Å². The van der Waals surface area contributed by atoms with E-state index in [2.05, 4.69) is 48.8 Å². The fourth-order valence-electron chi connectivity index (χ4n) is 6.17. The molecule has 0 aromatic heterocycles. The summed E-state index contributed by atoms with van der Waals surface area (Å²) in [5.74, 6) is -0.475. The molecule has 0 bridgehead atoms. The molecule has 50 heavy (non-hydrogen) atoms. The van der Waals surface area contributed by atoms with Crippen LogP contribution in [0.2, 0.25) is 0 Å². The van der Waals surface area contributed by atoms with E-state index in [1.807, 2.05) is 0 Å². The summed E-state index contributed by atoms with van der Waals surface area (Å²) >= 11 is 0. The van der Waals surface area contributed by atoms with Crippen molar-refractivity contribution in [3.05, 3.63) is 24.3 Å². The van der Waals surface area contributed by atoms with Gasteiger partial charge in [-0.2, -0.15) is 0 Å². The second-order valence-electron chi connectivity index (χ2n) is 14.4. The van der Waals surface area contributed by atoms with Gasteiger partial charge in [-0.3, -0.25) is 9.59 Å². The largest absolute Gasteiger partial charge is 0.481 e. The summed E-state index contributed by atoms with van der Waals surface area (Å²) in [7, 11) is 0. The topological polar surface area (TPSA) is 108 Å². The molecule has 1 rings (SSSR count). The van der Waals surface area contributed by atoms with Crippen molar-refractivity contribution >= 4 is 11.9 Å². The average molecular weight is 707 g/mol. The van der Waals surface area contributed by atoms with Crippen LogP contribution in [0.1, 0.15) is 200 Å². The van der Waals surface area contributed by atoms with Crippen LogP contribution in [0.15, 0.2) is 24.3 Å². The molecule has 2 unspecified atom stereocenters. The fraction of sp³-hybridized carbons (Fsp3) is 0.860. The van der Waals surface area contributed by atoms with Crippen molar-refractivity contribution in [3.63, 3.8) is 0 Å². The molecule has 0 saturated carbocycles. The number of nitrogens with one attached hydrogen (secondary N) is 2. The van der Waals surface area contributed by atoms with Gasteiger partial charge in [0.05, 0.1) is 18.8 Å². The lowest BCUT2D eigenvalue weighted by atomic mass is 10.1. The summed E-state index contributed by atoms with van der Waals surface area (Å²) < 4.78 is 5.67. The number of aliphatic hydroxyl groups is 1. The molecule has 0 radical (unpaired) electrons. The summed E-state index contributed by atoms with van der Waals surface area (Å²) in [5, 5.41) is 24.7. The van der Waals surface area contributed by atoms with E-state index in [1.54, 1.807) is 0 Å². The fourth-order valence-corrected chi connectivity index (χ4v) is 6.17. The third kappa shape index (κ3) is 39.1. The molecular formula is C43H82N2O5. The van der Waals surface area contributed by atoms with E-state index in [-0.39, 0.29) is 12.0 Å². The molecule has 1 aliphatic heterocycles. The van der Waals surface area contributed by atoms with Gasteiger partial charge in [0, 0.05) is 32.5 Å². The van der Waals surface area contributed by atoms with Crippen LogP contribution in [0, 0.1) is 0 Å². The Labute approximate surface area is 309 Å². The Kier molecular flexibility index (Phi) is 38.7. The van der Waals surface area contributed by atoms with Gasteiger partial charge in [0.15, 0.2) is 0 Å². The van der Waals surface area contributed by atoms with Crippen molar-refractivity contribution in [1.29, 1.82) is 0 Å². The van der Waals surface area contributed by atoms with E-state index in [0.717, 1.165) is 96.9 Å². The number of ether oxygens (including phenoxy) is 1. The first-order valence-corrected chi connectivity index (χ1v) is 21.3. The van der Waals surface area contributed by atoms with E-state index < -0.39 is 5.97 Å². The van der Waals surface area contributed by atoms with Crippen molar-refractivity contribution in [2.24, 2.45) is 0 Å². The highest BCUT2D eigenvalue weighted by molar-refractivity contribution is 5.75. The van der Waals surface area contributed by atoms with E-state index in [0.29, 0.717) is 18.9 Å². The van der Waals surface area contributed by atoms with Crippen LogP contribution in [-0.2, 0) is 14.3 Å². The third-order valence-corrected chi connectivity index (χ3v) is 9.42. The molecule has 1 saturated heterocycles. The first-order chi connectivity index (χ1) is 24.5. The van der Waals surface area contributed by atoms with Gasteiger partial charge in [-0.05, 0) is 77.0 Å². The van der Waals surface area contributed by atoms with E-state index in [4.69, 9.17) is 9.84 Å². The molecule has 7 nitrogen and oxygen atoms in total. The lowest BCUT2D eigenvalue weighted by molar-refractivity contribution is -0.137. The number of amides is 1. The quantitative estimate of drug-likeness (QED) is 0.0392. The second-order valence-corrected chi connectivity index (χ2v) is 14.4. The zero-order chi connectivity index (χ0) is 36.6. The minimum atomic E-state index is -0.689. The zero-order valence-electron chi connectivity index (χ0n) is 32.9. The summed E-state index contributed by atoms with van der Waals surface area (Å²) in [5.41, 5.74) is 0. The van der Waals surface area contributed by atoms with E-state index in [9.17, 15) is 14.7 Å². The van der Waals surface area contributed by atoms with Crippen molar-refractivity contribution in [3.8, 4) is 0 Å². The van der Waals surface area contributed by atoms with Gasteiger partial charge in [-0.1, -0.05) is 134 Å². The summed E-state index contributed by atoms with van der Waals surface area (Å²) in [6.07, 6.45) is 42.0. The van der Waals surface area contributed by atoms with Crippen LogP contribution in [-0.4, -0.2) is 60.5 Å². The Morgan fingerprint density at radius 3 is 1.78 bits per heavy atom. The normalized spacial score (nSPS) is 15.3. The maximum Gasteiger partial charge on any atom is 0.303 e. The highest BCUT2D eigenvalue weighted by atomic mass is 16.5. The number of allylic oxidation sites excluding steroid dienone is 3. The Bertz CT molecular complexity index is 781. The lowest BCUT2D eigenvalue weighted by Gasteiger charge is -2.23. The molecule has 0 spiro atoms. The third-order valence-electron chi connectivity index (χ3n) is 9.42. The molecule has 0 aromatic rings. The van der Waals surface area contributed by atoms with Crippen LogP contribution in [0.4, 0.5) is 0 Å². The van der Waals surface area contributed by atoms with Crippen molar-refractivity contribution in [1.82, 2.24) is 10.6 Å². The highest BCUT2D eigenvalue weighted by Gasteiger charge is 2.12. The Hall–Kier alpha value is -1.70. The Morgan fingerprint density at radius 2 is 1.22 bits per heavy atom. The number of carboxylic acid groups (broad SMARTS) is 1. The van der Waals surface area contributed by atoms with Crippen molar-refractivity contribution in [2.75, 3.05) is 26.2 Å². The number of aliphatic hydroxyl groups excluding tert-OH is 1. The molecule has 0 aromatic carbocycles. The minimum Gasteiger partial charge on any atom is -0.481 e. The molecule has 1 fully saturated rings. The zero-order valence-corrected chi connectivity index (χ0v) is 32.9. The number of aliphatic carboxylic acids is 1. The van der Waals surface area contributed by atoms with E-state index >= 15 is 0 Å². The number of carbonyl (C=O) groups excluding carboxylic acids is 1. The molecule has 0 aliphatic carbocycles. The molecule has 2 atom stereocenters. The van der Waals surface area contributed by atoms with Gasteiger partial charge in [-0.25, -0.2) is 0 Å². The number of hydrogen-bond acceptors (Lipinski definition) is 5. The van der Waals surface area contributed by atoms with Crippen LogP contribution in [0.3, 0.4) is 0 Å². The number of unbranched alkanes of at least 4 members (excludes halogenated alkanes) is 19. The van der Waals surface area contributed by atoms with Crippen LogP contribution < -0.4 is 10.6 Å². The SMILES string of the molecule is CCCCCCC(O)C/C=C\CCCCCCCC(=O)O.CCCCCCCC/C=C\CCCCCCCC(=O)NCCCC1CNCCO1. The van der Waals surface area contributed by atoms with Gasteiger partial charge in [-0.15, -0.1) is 0 Å². The number of carbonyl (C=O) groups is 2.